The van der Waals surface area contributed by atoms with Crippen LogP contribution in [-0.2, 0) is 21.6 Å². The molecule has 1 N–H and O–H groups in total. The minimum absolute atomic E-state index is 0.0221. The second-order valence-electron chi connectivity index (χ2n) is 7.62. The van der Waals surface area contributed by atoms with Gasteiger partial charge in [-0.2, -0.15) is 0 Å². The van der Waals surface area contributed by atoms with Gasteiger partial charge in [-0.25, -0.2) is 13.2 Å². The molecule has 1 aromatic rings. The molecule has 0 saturated carbocycles. The van der Waals surface area contributed by atoms with Crippen molar-refractivity contribution in [1.29, 1.82) is 0 Å². The number of ether oxygens (including phenoxy) is 2. The minimum atomic E-state index is -3.83. The fourth-order valence-electron chi connectivity index (χ4n) is 3.33. The summed E-state index contributed by atoms with van der Waals surface area (Å²) in [6.45, 7) is 6.70. The SMILES string of the molecule is COc1cc(S(=O)(=O)C2N(C(=O)OC(C)(C)C)CC23CNC3)n(C)n1. The lowest BCUT2D eigenvalue weighted by atomic mass is 9.74. The highest BCUT2D eigenvalue weighted by molar-refractivity contribution is 7.92. The quantitative estimate of drug-likeness (QED) is 0.817. The summed E-state index contributed by atoms with van der Waals surface area (Å²) in [7, 11) is -0.873. The maximum absolute atomic E-state index is 13.3. The number of hydrogen-bond acceptors (Lipinski definition) is 7. The zero-order chi connectivity index (χ0) is 18.6. The average molecular weight is 372 g/mol. The molecule has 2 aliphatic rings. The monoisotopic (exact) mass is 372 g/mol. The molecule has 0 radical (unpaired) electrons. The smallest absolute Gasteiger partial charge is 0.411 e. The fraction of sp³-hybridized carbons (Fsp3) is 0.733. The summed E-state index contributed by atoms with van der Waals surface area (Å²) >= 11 is 0. The van der Waals surface area contributed by atoms with Gasteiger partial charge in [0.1, 0.15) is 5.60 Å². The van der Waals surface area contributed by atoms with E-state index in [1.54, 1.807) is 20.8 Å². The third-order valence-electron chi connectivity index (χ3n) is 4.48. The average Bonchev–Trinajstić information content (AvgIpc) is 2.75. The van der Waals surface area contributed by atoms with E-state index >= 15 is 0 Å². The van der Waals surface area contributed by atoms with E-state index < -0.39 is 32.3 Å². The van der Waals surface area contributed by atoms with Crippen molar-refractivity contribution in [3.05, 3.63) is 6.07 Å². The van der Waals surface area contributed by atoms with Crippen molar-refractivity contribution in [3.8, 4) is 5.88 Å². The molecule has 2 fully saturated rings. The van der Waals surface area contributed by atoms with Gasteiger partial charge in [-0.1, -0.05) is 0 Å². The second-order valence-corrected chi connectivity index (χ2v) is 9.57. The van der Waals surface area contributed by atoms with E-state index in [2.05, 4.69) is 10.4 Å². The maximum Gasteiger partial charge on any atom is 0.411 e. The third-order valence-corrected chi connectivity index (χ3v) is 6.79. The number of carbonyl (C=O) groups excluding carboxylic acids is 1. The molecule has 25 heavy (non-hydrogen) atoms. The zero-order valence-electron chi connectivity index (χ0n) is 15.1. The van der Waals surface area contributed by atoms with Gasteiger partial charge in [-0.05, 0) is 20.8 Å². The Hall–Kier alpha value is -1.81. The van der Waals surface area contributed by atoms with Gasteiger partial charge in [0.15, 0.2) is 10.4 Å². The van der Waals surface area contributed by atoms with Crippen molar-refractivity contribution < 1.29 is 22.7 Å². The minimum Gasteiger partial charge on any atom is -0.480 e. The first kappa shape index (κ1) is 18.0. The van der Waals surface area contributed by atoms with Crippen molar-refractivity contribution in [3.63, 3.8) is 0 Å². The first-order valence-electron chi connectivity index (χ1n) is 8.02. The van der Waals surface area contributed by atoms with Crippen molar-refractivity contribution in [2.75, 3.05) is 26.7 Å². The number of aromatic nitrogens is 2. The molecule has 0 aliphatic carbocycles. The number of rotatable bonds is 3. The number of hydrogen-bond donors (Lipinski definition) is 1. The molecule has 3 rings (SSSR count). The summed E-state index contributed by atoms with van der Waals surface area (Å²) in [5.74, 6) is 0.213. The Morgan fingerprint density at radius 2 is 2.04 bits per heavy atom. The molecule has 3 heterocycles. The molecule has 1 atom stereocenters. The topological polar surface area (TPSA) is 103 Å². The molecular weight excluding hydrogens is 348 g/mol. The Morgan fingerprint density at radius 3 is 2.48 bits per heavy atom. The highest BCUT2D eigenvalue weighted by atomic mass is 32.2. The fourth-order valence-corrected chi connectivity index (χ4v) is 5.63. The Balaban J connectivity index is 1.95. The molecule has 0 bridgehead atoms. The van der Waals surface area contributed by atoms with Crippen molar-refractivity contribution in [2.45, 2.75) is 36.8 Å². The Kier molecular flexibility index (Phi) is 4.03. The third kappa shape index (κ3) is 2.86. The van der Waals surface area contributed by atoms with Gasteiger partial charge in [0.2, 0.25) is 15.7 Å². The number of sulfone groups is 1. The lowest BCUT2D eigenvalue weighted by Gasteiger charge is -2.60. The lowest BCUT2D eigenvalue weighted by Crippen LogP contribution is -2.79. The molecule has 140 valence electrons. The van der Waals surface area contributed by atoms with E-state index in [9.17, 15) is 13.2 Å². The molecule has 2 aliphatic heterocycles. The normalized spacial score (nSPS) is 22.3. The molecule has 1 unspecified atom stereocenters. The summed E-state index contributed by atoms with van der Waals surface area (Å²) in [6.07, 6.45) is -0.618. The van der Waals surface area contributed by atoms with Crippen LogP contribution in [0.15, 0.2) is 11.1 Å². The summed E-state index contributed by atoms with van der Waals surface area (Å²) in [5.41, 5.74) is -1.17. The highest BCUT2D eigenvalue weighted by Crippen LogP contribution is 2.46. The summed E-state index contributed by atoms with van der Waals surface area (Å²) in [6, 6.07) is 1.38. The van der Waals surface area contributed by atoms with Crippen LogP contribution in [0.5, 0.6) is 5.88 Å². The predicted octanol–water partition coefficient (Wildman–Crippen LogP) is 0.369. The first-order chi connectivity index (χ1) is 11.5. The van der Waals surface area contributed by atoms with E-state index in [1.807, 2.05) is 0 Å². The summed E-state index contributed by atoms with van der Waals surface area (Å²) in [4.78, 5) is 13.8. The Labute approximate surface area is 147 Å². The van der Waals surface area contributed by atoms with E-state index in [0.29, 0.717) is 19.6 Å². The molecule has 2 saturated heterocycles. The van der Waals surface area contributed by atoms with Crippen LogP contribution < -0.4 is 10.1 Å². The maximum atomic E-state index is 13.3. The standard InChI is InChI=1S/C15H24N4O5S/c1-14(2,3)24-13(20)19-9-15(7-16-8-15)12(19)25(21,22)11-6-10(23-5)17-18(11)4/h6,12,16H,7-9H2,1-5H3. The van der Waals surface area contributed by atoms with Crippen molar-refractivity contribution in [1.82, 2.24) is 20.0 Å². The van der Waals surface area contributed by atoms with E-state index in [4.69, 9.17) is 9.47 Å². The van der Waals surface area contributed by atoms with Crippen molar-refractivity contribution in [2.24, 2.45) is 12.5 Å². The van der Waals surface area contributed by atoms with Gasteiger partial charge in [0, 0.05) is 38.2 Å². The van der Waals surface area contributed by atoms with Gasteiger partial charge in [0.05, 0.1) is 7.11 Å². The van der Waals surface area contributed by atoms with E-state index in [0.717, 1.165) is 0 Å². The molecule has 0 aromatic carbocycles. The molecule has 9 nitrogen and oxygen atoms in total. The number of nitrogens with zero attached hydrogens (tertiary/aromatic N) is 3. The summed E-state index contributed by atoms with van der Waals surface area (Å²) in [5, 5.41) is 6.17. The van der Waals surface area contributed by atoms with Gasteiger partial charge in [-0.15, -0.1) is 5.10 Å². The van der Waals surface area contributed by atoms with Crippen LogP contribution in [0.2, 0.25) is 0 Å². The Morgan fingerprint density at radius 1 is 1.40 bits per heavy atom. The Bertz CT molecular complexity index is 791. The van der Waals surface area contributed by atoms with Crippen molar-refractivity contribution >= 4 is 15.9 Å². The number of aryl methyl sites for hydroxylation is 1. The molecular formula is C15H24N4O5S. The molecule has 1 amide bonds. The summed E-state index contributed by atoms with van der Waals surface area (Å²) < 4.78 is 38.2. The molecule has 10 heteroatoms. The number of methoxy groups -OCH3 is 1. The van der Waals surface area contributed by atoms with Gasteiger partial charge < -0.3 is 14.8 Å². The van der Waals surface area contributed by atoms with Crippen LogP contribution in [-0.4, -0.2) is 66.9 Å². The molecule has 1 spiro atoms. The predicted molar refractivity (Wildman–Crippen MR) is 89.0 cm³/mol. The van der Waals surface area contributed by atoms with E-state index in [1.165, 1.54) is 29.8 Å². The van der Waals surface area contributed by atoms with Crippen LogP contribution >= 0.6 is 0 Å². The van der Waals surface area contributed by atoms with Crippen LogP contribution in [0.4, 0.5) is 4.79 Å². The van der Waals surface area contributed by atoms with Crippen LogP contribution in [0.1, 0.15) is 20.8 Å². The van der Waals surface area contributed by atoms with Crippen LogP contribution in [0.3, 0.4) is 0 Å². The second kappa shape index (κ2) is 5.60. The zero-order valence-corrected chi connectivity index (χ0v) is 15.9. The molecule has 1 aromatic heterocycles. The van der Waals surface area contributed by atoms with Gasteiger partial charge in [-0.3, -0.25) is 9.58 Å². The van der Waals surface area contributed by atoms with Crippen LogP contribution in [0.25, 0.3) is 0 Å². The first-order valence-corrected chi connectivity index (χ1v) is 9.57. The number of likely N-dealkylation sites (tertiary alicyclic amines) is 1. The largest absolute Gasteiger partial charge is 0.480 e. The highest BCUT2D eigenvalue weighted by Gasteiger charge is 2.64. The lowest BCUT2D eigenvalue weighted by molar-refractivity contribution is -0.0735. The van der Waals surface area contributed by atoms with Crippen LogP contribution in [0, 0.1) is 5.41 Å². The number of carbonyl (C=O) groups is 1. The number of nitrogens with one attached hydrogen (secondary N) is 1. The number of amides is 1. The van der Waals surface area contributed by atoms with Gasteiger partial charge in [0.25, 0.3) is 0 Å². The van der Waals surface area contributed by atoms with Gasteiger partial charge >= 0.3 is 6.09 Å². The van der Waals surface area contributed by atoms with E-state index in [-0.39, 0.29) is 10.9 Å².